The van der Waals surface area contributed by atoms with Gasteiger partial charge in [0, 0.05) is 29.3 Å². The van der Waals surface area contributed by atoms with E-state index in [0.29, 0.717) is 42.3 Å². The zero-order chi connectivity index (χ0) is 23.4. The third kappa shape index (κ3) is 4.94. The van der Waals surface area contributed by atoms with E-state index in [9.17, 15) is 9.59 Å². The maximum absolute atomic E-state index is 13.5. The molecule has 0 radical (unpaired) electrons. The summed E-state index contributed by atoms with van der Waals surface area (Å²) in [5.74, 6) is 0.580. The fourth-order valence-electron chi connectivity index (χ4n) is 5.23. The van der Waals surface area contributed by atoms with Gasteiger partial charge < -0.3 is 19.5 Å². The molecule has 6 nitrogen and oxygen atoms in total. The third-order valence-electron chi connectivity index (χ3n) is 6.72. The van der Waals surface area contributed by atoms with E-state index in [-0.39, 0.29) is 17.9 Å². The average Bonchev–Trinajstić information content (AvgIpc) is 2.80. The number of dihydropyridines is 1. The highest BCUT2D eigenvalue weighted by Crippen LogP contribution is 2.44. The Morgan fingerprint density at radius 2 is 1.73 bits per heavy atom. The summed E-state index contributed by atoms with van der Waals surface area (Å²) in [7, 11) is 0. The van der Waals surface area contributed by atoms with Crippen molar-refractivity contribution in [2.24, 2.45) is 0 Å². The third-order valence-corrected chi connectivity index (χ3v) is 6.72. The van der Waals surface area contributed by atoms with E-state index in [1.807, 2.05) is 39.0 Å². The second-order valence-corrected chi connectivity index (χ2v) is 9.00. The van der Waals surface area contributed by atoms with Gasteiger partial charge in [-0.3, -0.25) is 4.79 Å². The molecule has 1 fully saturated rings. The minimum atomic E-state index is -0.472. The summed E-state index contributed by atoms with van der Waals surface area (Å²) in [5, 5.41) is 3.37. The Hall–Kier alpha value is -2.76. The molecule has 0 bridgehead atoms. The molecule has 1 aromatic rings. The minimum Gasteiger partial charge on any atom is -0.490 e. The second kappa shape index (κ2) is 10.4. The molecule has 178 valence electrons. The van der Waals surface area contributed by atoms with Crippen LogP contribution in [0.1, 0.15) is 83.6 Å². The highest BCUT2D eigenvalue weighted by atomic mass is 16.5. The van der Waals surface area contributed by atoms with Gasteiger partial charge in [-0.1, -0.05) is 12.5 Å². The monoisotopic (exact) mass is 453 g/mol. The Morgan fingerprint density at radius 3 is 2.45 bits per heavy atom. The standard InChI is InChI=1S/C27H35NO5/c1-4-31-22-15-14-18(16-23(22)32-5-2)25-24(27(30)33-19-10-7-6-8-11-19)17(3)28-20-12-9-13-21(29)26(20)25/h14-16,19,25,28H,4-13H2,1-3H3/t25-/m0/s1. The summed E-state index contributed by atoms with van der Waals surface area (Å²) >= 11 is 0. The molecule has 1 aromatic carbocycles. The van der Waals surface area contributed by atoms with E-state index in [0.717, 1.165) is 55.5 Å². The summed E-state index contributed by atoms with van der Waals surface area (Å²) in [6.07, 6.45) is 7.23. The molecule has 1 aliphatic heterocycles. The van der Waals surface area contributed by atoms with Gasteiger partial charge in [-0.2, -0.15) is 0 Å². The number of carbonyl (C=O) groups is 2. The van der Waals surface area contributed by atoms with Crippen LogP contribution in [0.3, 0.4) is 0 Å². The Balaban J connectivity index is 1.76. The Bertz CT molecular complexity index is 971. The van der Waals surface area contributed by atoms with Gasteiger partial charge in [0.1, 0.15) is 6.10 Å². The lowest BCUT2D eigenvalue weighted by Gasteiger charge is -2.35. The topological polar surface area (TPSA) is 73.9 Å². The Morgan fingerprint density at radius 1 is 1.00 bits per heavy atom. The molecule has 4 rings (SSSR count). The van der Waals surface area contributed by atoms with Crippen LogP contribution in [-0.4, -0.2) is 31.1 Å². The normalized spacial score (nSPS) is 21.4. The highest BCUT2D eigenvalue weighted by Gasteiger charge is 2.40. The molecule has 0 spiro atoms. The van der Waals surface area contributed by atoms with Crippen molar-refractivity contribution in [2.75, 3.05) is 13.2 Å². The maximum atomic E-state index is 13.5. The average molecular weight is 454 g/mol. The van der Waals surface area contributed by atoms with Crippen LogP contribution in [0, 0.1) is 0 Å². The van der Waals surface area contributed by atoms with Crippen LogP contribution >= 0.6 is 0 Å². The number of Topliss-reactive ketones (excluding diaryl/α,β-unsaturated/α-hetero) is 1. The number of esters is 1. The lowest BCUT2D eigenvalue weighted by Crippen LogP contribution is -2.35. The van der Waals surface area contributed by atoms with Crippen molar-refractivity contribution >= 4 is 11.8 Å². The highest BCUT2D eigenvalue weighted by molar-refractivity contribution is 6.03. The molecular weight excluding hydrogens is 418 g/mol. The van der Waals surface area contributed by atoms with Crippen molar-refractivity contribution in [1.29, 1.82) is 0 Å². The summed E-state index contributed by atoms with van der Waals surface area (Å²) in [4.78, 5) is 26.6. The van der Waals surface area contributed by atoms with Crippen molar-refractivity contribution in [2.45, 2.75) is 84.2 Å². The van der Waals surface area contributed by atoms with Crippen LogP contribution in [-0.2, 0) is 14.3 Å². The fraction of sp³-hybridized carbons (Fsp3) is 0.556. The summed E-state index contributed by atoms with van der Waals surface area (Å²) < 4.78 is 17.6. The van der Waals surface area contributed by atoms with Crippen LogP contribution in [0.4, 0.5) is 0 Å². The Kier molecular flexibility index (Phi) is 7.41. The SMILES string of the molecule is CCOc1ccc([C@H]2C(C(=O)OC3CCCCC3)=C(C)NC3=C2C(=O)CCC3)cc1OCC. The molecule has 1 saturated carbocycles. The van der Waals surface area contributed by atoms with E-state index in [1.165, 1.54) is 6.42 Å². The molecule has 33 heavy (non-hydrogen) atoms. The first-order valence-electron chi connectivity index (χ1n) is 12.4. The largest absolute Gasteiger partial charge is 0.490 e. The molecule has 1 heterocycles. The van der Waals surface area contributed by atoms with Crippen molar-refractivity contribution in [1.82, 2.24) is 5.32 Å². The van der Waals surface area contributed by atoms with E-state index in [4.69, 9.17) is 14.2 Å². The number of hydrogen-bond acceptors (Lipinski definition) is 6. The number of carbonyl (C=O) groups excluding carboxylic acids is 2. The van der Waals surface area contributed by atoms with Gasteiger partial charge in [0.15, 0.2) is 17.3 Å². The van der Waals surface area contributed by atoms with Crippen molar-refractivity contribution < 1.29 is 23.8 Å². The fourth-order valence-corrected chi connectivity index (χ4v) is 5.23. The van der Waals surface area contributed by atoms with E-state index in [2.05, 4.69) is 5.32 Å². The number of benzene rings is 1. The number of allylic oxidation sites excluding steroid dienone is 3. The van der Waals surface area contributed by atoms with E-state index < -0.39 is 5.92 Å². The predicted molar refractivity (Wildman–Crippen MR) is 126 cm³/mol. The molecule has 6 heteroatoms. The van der Waals surface area contributed by atoms with Crippen molar-refractivity contribution in [3.05, 3.63) is 46.3 Å². The summed E-state index contributed by atoms with van der Waals surface area (Å²) in [5.41, 5.74) is 3.76. The molecule has 0 saturated heterocycles. The molecular formula is C27H35NO5. The van der Waals surface area contributed by atoms with Crippen molar-refractivity contribution in [3.8, 4) is 11.5 Å². The smallest absolute Gasteiger partial charge is 0.337 e. The number of rotatable bonds is 7. The van der Waals surface area contributed by atoms with E-state index >= 15 is 0 Å². The first-order valence-corrected chi connectivity index (χ1v) is 12.4. The van der Waals surface area contributed by atoms with Gasteiger partial charge in [-0.05, 0) is 77.0 Å². The molecule has 3 aliphatic rings. The second-order valence-electron chi connectivity index (χ2n) is 9.00. The number of hydrogen-bond donors (Lipinski definition) is 1. The number of nitrogens with one attached hydrogen (secondary N) is 1. The van der Waals surface area contributed by atoms with Crippen molar-refractivity contribution in [3.63, 3.8) is 0 Å². The van der Waals surface area contributed by atoms with Crippen LogP contribution < -0.4 is 14.8 Å². The van der Waals surface area contributed by atoms with Gasteiger partial charge in [0.05, 0.1) is 18.8 Å². The zero-order valence-corrected chi connectivity index (χ0v) is 20.0. The van der Waals surface area contributed by atoms with Crippen LogP contribution in [0.15, 0.2) is 40.7 Å². The number of ketones is 1. The molecule has 1 atom stereocenters. The summed E-state index contributed by atoms with van der Waals surface area (Å²) in [6.45, 7) is 6.78. The quantitative estimate of drug-likeness (QED) is 0.563. The zero-order valence-electron chi connectivity index (χ0n) is 20.0. The van der Waals surface area contributed by atoms with Gasteiger partial charge in [0.2, 0.25) is 0 Å². The first kappa shape index (κ1) is 23.4. The van der Waals surface area contributed by atoms with Gasteiger partial charge in [-0.25, -0.2) is 4.79 Å². The molecule has 0 unspecified atom stereocenters. The van der Waals surface area contributed by atoms with Gasteiger partial charge in [-0.15, -0.1) is 0 Å². The van der Waals surface area contributed by atoms with Crippen LogP contribution in [0.2, 0.25) is 0 Å². The Labute approximate surface area is 196 Å². The van der Waals surface area contributed by atoms with E-state index in [1.54, 1.807) is 0 Å². The van der Waals surface area contributed by atoms with Crippen LogP contribution in [0.25, 0.3) is 0 Å². The van der Waals surface area contributed by atoms with Gasteiger partial charge >= 0.3 is 5.97 Å². The van der Waals surface area contributed by atoms with Gasteiger partial charge in [0.25, 0.3) is 0 Å². The van der Waals surface area contributed by atoms with Crippen LogP contribution in [0.5, 0.6) is 11.5 Å². The molecule has 0 amide bonds. The lowest BCUT2D eigenvalue weighted by molar-refractivity contribution is -0.146. The maximum Gasteiger partial charge on any atom is 0.337 e. The first-order chi connectivity index (χ1) is 16.0. The molecule has 0 aromatic heterocycles. The minimum absolute atomic E-state index is 0.0519. The molecule has 1 N–H and O–H groups in total. The lowest BCUT2D eigenvalue weighted by atomic mass is 9.75. The predicted octanol–water partition coefficient (Wildman–Crippen LogP) is 5.33. The number of ether oxygens (including phenoxy) is 3. The summed E-state index contributed by atoms with van der Waals surface area (Å²) in [6, 6.07) is 5.73. The molecule has 2 aliphatic carbocycles.